The first-order chi connectivity index (χ1) is 8.09. The maximum atomic E-state index is 8.96. The maximum Gasteiger partial charge on any atom is 0.394 e. The van der Waals surface area contributed by atoms with Crippen LogP contribution in [0.3, 0.4) is 0 Å². The molecule has 0 saturated heterocycles. The van der Waals surface area contributed by atoms with Gasteiger partial charge in [0.25, 0.3) is 0 Å². The molecular formula is C8H13N3O6S. The van der Waals surface area contributed by atoms with E-state index in [4.69, 9.17) is 38.6 Å². The molecule has 1 aromatic carbocycles. The highest BCUT2D eigenvalue weighted by Crippen LogP contribution is 2.16. The van der Waals surface area contributed by atoms with E-state index in [1.165, 1.54) is 19.2 Å². The molecule has 0 fully saturated rings. The zero-order chi connectivity index (χ0) is 14.3. The van der Waals surface area contributed by atoms with E-state index in [2.05, 4.69) is 0 Å². The summed E-state index contributed by atoms with van der Waals surface area (Å²) >= 11 is 0. The van der Waals surface area contributed by atoms with E-state index in [1.807, 2.05) is 0 Å². The van der Waals surface area contributed by atoms with Crippen molar-refractivity contribution in [3.63, 3.8) is 0 Å². The Morgan fingerprint density at radius 2 is 1.72 bits per heavy atom. The van der Waals surface area contributed by atoms with Crippen molar-refractivity contribution in [2.45, 2.75) is 0 Å². The molecule has 0 aliphatic carbocycles. The number of phenols is 1. The summed E-state index contributed by atoms with van der Waals surface area (Å²) in [4.78, 5) is 5.10. The molecule has 0 aromatic heterocycles. The zero-order valence-corrected chi connectivity index (χ0v) is 10.1. The molecule has 18 heavy (non-hydrogen) atoms. The van der Waals surface area contributed by atoms with E-state index in [-0.39, 0.29) is 11.7 Å². The summed E-state index contributed by atoms with van der Waals surface area (Å²) in [6, 6.07) is 6.14. The first-order valence-corrected chi connectivity index (χ1v) is 5.74. The molecule has 1 rings (SSSR count). The summed E-state index contributed by atoms with van der Waals surface area (Å²) in [6.07, 6.45) is 0. The second-order valence-electron chi connectivity index (χ2n) is 2.92. The summed E-state index contributed by atoms with van der Waals surface area (Å²) in [7, 11) is -3.14. The van der Waals surface area contributed by atoms with Crippen LogP contribution >= 0.6 is 0 Å². The fourth-order valence-electron chi connectivity index (χ4n) is 0.714. The van der Waals surface area contributed by atoms with Crippen LogP contribution in [0.4, 0.5) is 0 Å². The molecule has 9 nitrogen and oxygen atoms in total. The molecule has 10 heteroatoms. The van der Waals surface area contributed by atoms with Crippen LogP contribution in [0.2, 0.25) is 0 Å². The molecule has 102 valence electrons. The molecule has 0 saturated carbocycles. The van der Waals surface area contributed by atoms with Crippen molar-refractivity contribution in [2.75, 3.05) is 7.05 Å². The van der Waals surface area contributed by atoms with Gasteiger partial charge in [-0.3, -0.25) is 14.5 Å². The Kier molecular flexibility index (Phi) is 5.88. The molecule has 6 N–H and O–H groups in total. The minimum Gasteiger partial charge on any atom is -0.508 e. The van der Waals surface area contributed by atoms with Gasteiger partial charge in [0, 0.05) is 7.05 Å². The maximum absolute atomic E-state index is 8.96. The molecule has 0 aliphatic heterocycles. The number of nitrogens with two attached hydrogens (primary N) is 1. The SMILES string of the molecule is CN(Oc1ccc(O)cc1)C(=N)N.O=S(=O)(O)O. The lowest BCUT2D eigenvalue weighted by Crippen LogP contribution is -2.35. The van der Waals surface area contributed by atoms with Crippen LogP contribution in [-0.4, -0.2) is 40.7 Å². The van der Waals surface area contributed by atoms with Crippen molar-refractivity contribution in [3.8, 4) is 11.5 Å². The predicted octanol–water partition coefficient (Wildman–Crippen LogP) is -0.142. The lowest BCUT2D eigenvalue weighted by atomic mass is 10.3. The van der Waals surface area contributed by atoms with Crippen LogP contribution in [0.25, 0.3) is 0 Å². The molecule has 0 unspecified atom stereocenters. The molecular weight excluding hydrogens is 266 g/mol. The van der Waals surface area contributed by atoms with Gasteiger partial charge in [-0.25, -0.2) is 0 Å². The average molecular weight is 279 g/mol. The number of aromatic hydroxyl groups is 1. The third-order valence-electron chi connectivity index (χ3n) is 1.42. The van der Waals surface area contributed by atoms with Crippen LogP contribution in [0.5, 0.6) is 11.5 Å². The van der Waals surface area contributed by atoms with E-state index in [1.54, 1.807) is 12.1 Å². The van der Waals surface area contributed by atoms with Crippen molar-refractivity contribution in [3.05, 3.63) is 24.3 Å². The number of hydrogen-bond acceptors (Lipinski definition) is 5. The Bertz CT molecular complexity index is 478. The highest BCUT2D eigenvalue weighted by molar-refractivity contribution is 7.79. The quantitative estimate of drug-likeness (QED) is 0.216. The van der Waals surface area contributed by atoms with Crippen LogP contribution in [0.15, 0.2) is 24.3 Å². The number of rotatable bonds is 2. The van der Waals surface area contributed by atoms with Crippen LogP contribution in [0, 0.1) is 5.41 Å². The molecule has 0 spiro atoms. The number of benzene rings is 1. The number of nitrogens with one attached hydrogen (secondary N) is 1. The van der Waals surface area contributed by atoms with E-state index >= 15 is 0 Å². The van der Waals surface area contributed by atoms with Crippen LogP contribution in [-0.2, 0) is 10.4 Å². The molecule has 0 bridgehead atoms. The lowest BCUT2D eigenvalue weighted by molar-refractivity contribution is 0.0450. The highest BCUT2D eigenvalue weighted by atomic mass is 32.3. The minimum absolute atomic E-state index is 0.165. The smallest absolute Gasteiger partial charge is 0.394 e. The van der Waals surface area contributed by atoms with Crippen molar-refractivity contribution in [2.24, 2.45) is 5.73 Å². The summed E-state index contributed by atoms with van der Waals surface area (Å²) in [5.74, 6) is 0.487. The van der Waals surface area contributed by atoms with Gasteiger partial charge in [0.1, 0.15) is 5.75 Å². The van der Waals surface area contributed by atoms with Gasteiger partial charge in [0.05, 0.1) is 0 Å². The number of hydroxylamine groups is 2. The van der Waals surface area contributed by atoms with Crippen molar-refractivity contribution in [1.29, 1.82) is 5.41 Å². The van der Waals surface area contributed by atoms with Gasteiger partial charge in [-0.1, -0.05) is 0 Å². The van der Waals surface area contributed by atoms with Crippen LogP contribution < -0.4 is 10.6 Å². The monoisotopic (exact) mass is 279 g/mol. The standard InChI is InChI=1S/C8H11N3O2.H2O4S/c1-11(8(9)10)13-7-4-2-6(12)3-5-7;1-5(2,3)4/h2-5,12H,1H3,(H3,9,10);(H2,1,2,3,4). The Labute approximate surface area is 103 Å². The second-order valence-corrected chi connectivity index (χ2v) is 3.81. The van der Waals surface area contributed by atoms with Gasteiger partial charge in [-0.15, -0.1) is 0 Å². The fraction of sp³-hybridized carbons (Fsp3) is 0.125. The number of phenolic OH excluding ortho intramolecular Hbond substituents is 1. The number of nitrogens with zero attached hydrogens (tertiary/aromatic N) is 1. The largest absolute Gasteiger partial charge is 0.508 e. The Hall–Kier alpha value is -2.04. The molecule has 0 atom stereocenters. The Morgan fingerprint density at radius 3 is 2.06 bits per heavy atom. The zero-order valence-electron chi connectivity index (χ0n) is 9.31. The molecule has 0 radical (unpaired) electrons. The van der Waals surface area contributed by atoms with E-state index in [0.29, 0.717) is 5.75 Å². The Balaban J connectivity index is 0.000000494. The minimum atomic E-state index is -4.67. The number of guanidine groups is 1. The van der Waals surface area contributed by atoms with Crippen molar-refractivity contribution < 1.29 is 27.5 Å². The third kappa shape index (κ3) is 9.21. The normalized spacial score (nSPS) is 9.94. The average Bonchev–Trinajstić information content (AvgIpc) is 2.18. The lowest BCUT2D eigenvalue weighted by Gasteiger charge is -2.16. The molecule has 0 aliphatic rings. The Morgan fingerprint density at radius 1 is 1.33 bits per heavy atom. The van der Waals surface area contributed by atoms with Gasteiger partial charge in [0.2, 0.25) is 5.96 Å². The molecule has 0 amide bonds. The first-order valence-electron chi connectivity index (χ1n) is 4.34. The summed E-state index contributed by atoms with van der Waals surface area (Å²) in [6.45, 7) is 0. The van der Waals surface area contributed by atoms with Crippen molar-refractivity contribution in [1.82, 2.24) is 5.06 Å². The summed E-state index contributed by atoms with van der Waals surface area (Å²) in [5, 5.41) is 17.1. The van der Waals surface area contributed by atoms with E-state index in [9.17, 15) is 0 Å². The molecule has 1 aromatic rings. The third-order valence-corrected chi connectivity index (χ3v) is 1.42. The topological polar surface area (TPSA) is 157 Å². The van der Waals surface area contributed by atoms with E-state index in [0.717, 1.165) is 5.06 Å². The molecule has 0 heterocycles. The number of hydrogen-bond donors (Lipinski definition) is 5. The second kappa shape index (κ2) is 6.64. The van der Waals surface area contributed by atoms with Gasteiger partial charge in [-0.2, -0.15) is 13.5 Å². The summed E-state index contributed by atoms with van der Waals surface area (Å²) < 4.78 is 31.6. The van der Waals surface area contributed by atoms with Gasteiger partial charge in [0.15, 0.2) is 5.75 Å². The van der Waals surface area contributed by atoms with Gasteiger partial charge in [-0.05, 0) is 24.3 Å². The van der Waals surface area contributed by atoms with Crippen LogP contribution in [0.1, 0.15) is 0 Å². The van der Waals surface area contributed by atoms with E-state index < -0.39 is 10.4 Å². The fourth-order valence-corrected chi connectivity index (χ4v) is 0.714. The van der Waals surface area contributed by atoms with Gasteiger partial charge >= 0.3 is 10.4 Å². The first kappa shape index (κ1) is 16.0. The van der Waals surface area contributed by atoms with Gasteiger partial charge < -0.3 is 15.7 Å². The summed E-state index contributed by atoms with van der Waals surface area (Å²) in [5.41, 5.74) is 5.15. The predicted molar refractivity (Wildman–Crippen MR) is 62.6 cm³/mol. The highest BCUT2D eigenvalue weighted by Gasteiger charge is 2.01. The van der Waals surface area contributed by atoms with Crippen molar-refractivity contribution >= 4 is 16.4 Å².